The van der Waals surface area contributed by atoms with Crippen molar-refractivity contribution in [1.82, 2.24) is 0 Å². The molecule has 0 bridgehead atoms. The first-order chi connectivity index (χ1) is 10.3. The van der Waals surface area contributed by atoms with Crippen LogP contribution in [0.2, 0.25) is 0 Å². The van der Waals surface area contributed by atoms with Crippen LogP contribution in [0.5, 0.6) is 5.75 Å². The van der Waals surface area contributed by atoms with Crippen LogP contribution in [0.15, 0.2) is 12.1 Å². The van der Waals surface area contributed by atoms with Crippen molar-refractivity contribution in [3.8, 4) is 5.75 Å². The maximum Gasteiger partial charge on any atom is 0.123 e. The SMILES string of the molecule is CC(C)CC(C)CCc1cc(C(C)(C)C)c(O)c(C(C)(C)C)c1. The van der Waals surface area contributed by atoms with E-state index in [1.165, 1.54) is 18.4 Å². The average molecular weight is 319 g/mol. The molecule has 1 unspecified atom stereocenters. The molecule has 1 atom stereocenters. The summed E-state index contributed by atoms with van der Waals surface area (Å²) in [6, 6.07) is 4.46. The van der Waals surface area contributed by atoms with Crippen molar-refractivity contribution in [1.29, 1.82) is 0 Å². The summed E-state index contributed by atoms with van der Waals surface area (Å²) in [5, 5.41) is 10.8. The molecule has 1 aromatic carbocycles. The first kappa shape index (κ1) is 20.1. The topological polar surface area (TPSA) is 20.2 Å². The Kier molecular flexibility index (Phi) is 6.35. The van der Waals surface area contributed by atoms with Gasteiger partial charge >= 0.3 is 0 Å². The fraction of sp³-hybridized carbons (Fsp3) is 0.727. The molecule has 1 rings (SSSR count). The van der Waals surface area contributed by atoms with Gasteiger partial charge in [-0.1, -0.05) is 74.4 Å². The first-order valence-electron chi connectivity index (χ1n) is 9.19. The minimum atomic E-state index is -0.0381. The predicted molar refractivity (Wildman–Crippen MR) is 102 cm³/mol. The highest BCUT2D eigenvalue weighted by atomic mass is 16.3. The van der Waals surface area contributed by atoms with E-state index in [0.717, 1.165) is 29.4 Å². The largest absolute Gasteiger partial charge is 0.507 e. The Morgan fingerprint density at radius 2 is 1.30 bits per heavy atom. The van der Waals surface area contributed by atoms with E-state index in [0.29, 0.717) is 5.75 Å². The van der Waals surface area contributed by atoms with Crippen molar-refractivity contribution in [2.45, 2.75) is 92.4 Å². The normalized spacial score (nSPS) is 14.3. The molecule has 1 heteroatoms. The van der Waals surface area contributed by atoms with Crippen LogP contribution in [-0.2, 0) is 17.3 Å². The number of hydrogen-bond donors (Lipinski definition) is 1. The van der Waals surface area contributed by atoms with Crippen LogP contribution in [0.25, 0.3) is 0 Å². The van der Waals surface area contributed by atoms with Gasteiger partial charge in [0.25, 0.3) is 0 Å². The lowest BCUT2D eigenvalue weighted by atomic mass is 9.78. The molecule has 1 aromatic rings. The van der Waals surface area contributed by atoms with Crippen LogP contribution in [0.1, 0.15) is 91.8 Å². The fourth-order valence-electron chi connectivity index (χ4n) is 3.32. The van der Waals surface area contributed by atoms with Crippen LogP contribution in [-0.4, -0.2) is 5.11 Å². The number of phenolic OH excluding ortho intramolecular Hbond substituents is 1. The van der Waals surface area contributed by atoms with Gasteiger partial charge in [0.05, 0.1) is 0 Å². The van der Waals surface area contributed by atoms with Crippen molar-refractivity contribution >= 4 is 0 Å². The summed E-state index contributed by atoms with van der Waals surface area (Å²) in [7, 11) is 0. The summed E-state index contributed by atoms with van der Waals surface area (Å²) in [6.07, 6.45) is 3.60. The summed E-state index contributed by atoms with van der Waals surface area (Å²) in [6.45, 7) is 20.0. The molecule has 0 saturated carbocycles. The zero-order valence-electron chi connectivity index (χ0n) is 16.9. The van der Waals surface area contributed by atoms with Gasteiger partial charge in [0.15, 0.2) is 0 Å². The molecule has 0 spiro atoms. The van der Waals surface area contributed by atoms with E-state index < -0.39 is 0 Å². The summed E-state index contributed by atoms with van der Waals surface area (Å²) in [4.78, 5) is 0. The maximum absolute atomic E-state index is 10.8. The van der Waals surface area contributed by atoms with Gasteiger partial charge in [-0.05, 0) is 58.6 Å². The second kappa shape index (κ2) is 7.28. The van der Waals surface area contributed by atoms with Gasteiger partial charge in [0.2, 0.25) is 0 Å². The molecule has 1 N–H and O–H groups in total. The predicted octanol–water partition coefficient (Wildman–Crippen LogP) is 6.60. The summed E-state index contributed by atoms with van der Waals surface area (Å²) in [5.74, 6) is 2.00. The van der Waals surface area contributed by atoms with E-state index in [1.807, 2.05) is 0 Å². The molecule has 0 aliphatic carbocycles. The second-order valence-corrected chi connectivity index (χ2v) is 9.81. The van der Waals surface area contributed by atoms with Crippen molar-refractivity contribution in [3.63, 3.8) is 0 Å². The second-order valence-electron chi connectivity index (χ2n) is 9.81. The summed E-state index contributed by atoms with van der Waals surface area (Å²) in [5.41, 5.74) is 3.45. The fourth-order valence-corrected chi connectivity index (χ4v) is 3.32. The van der Waals surface area contributed by atoms with E-state index in [4.69, 9.17) is 0 Å². The third kappa shape index (κ3) is 5.86. The quantitative estimate of drug-likeness (QED) is 0.648. The van der Waals surface area contributed by atoms with Crippen LogP contribution >= 0.6 is 0 Å². The lowest BCUT2D eigenvalue weighted by molar-refractivity contribution is 0.412. The van der Waals surface area contributed by atoms with Crippen LogP contribution < -0.4 is 0 Å². The Bertz CT molecular complexity index is 477. The van der Waals surface area contributed by atoms with E-state index in [1.54, 1.807) is 0 Å². The zero-order valence-corrected chi connectivity index (χ0v) is 16.9. The van der Waals surface area contributed by atoms with Crippen molar-refractivity contribution in [2.24, 2.45) is 11.8 Å². The highest BCUT2D eigenvalue weighted by Crippen LogP contribution is 2.40. The average Bonchev–Trinajstić information content (AvgIpc) is 2.33. The van der Waals surface area contributed by atoms with Gasteiger partial charge in [-0.2, -0.15) is 0 Å². The van der Waals surface area contributed by atoms with Crippen molar-refractivity contribution in [3.05, 3.63) is 28.8 Å². The first-order valence-corrected chi connectivity index (χ1v) is 9.19. The molecule has 23 heavy (non-hydrogen) atoms. The number of benzene rings is 1. The van der Waals surface area contributed by atoms with Gasteiger partial charge in [-0.3, -0.25) is 0 Å². The monoisotopic (exact) mass is 318 g/mol. The molecule has 0 amide bonds. The number of phenols is 1. The molecular weight excluding hydrogens is 280 g/mol. The molecule has 0 heterocycles. The van der Waals surface area contributed by atoms with Crippen LogP contribution in [0.4, 0.5) is 0 Å². The van der Waals surface area contributed by atoms with Gasteiger partial charge in [0.1, 0.15) is 5.75 Å². The Hall–Kier alpha value is -0.980. The molecule has 0 saturated heterocycles. The minimum absolute atomic E-state index is 0.0381. The molecule has 0 aliphatic heterocycles. The van der Waals surface area contributed by atoms with Crippen LogP contribution in [0, 0.1) is 11.8 Å². The lowest BCUT2D eigenvalue weighted by Gasteiger charge is -2.28. The third-order valence-corrected chi connectivity index (χ3v) is 4.59. The zero-order chi connectivity index (χ0) is 18.0. The van der Waals surface area contributed by atoms with E-state index in [-0.39, 0.29) is 10.8 Å². The van der Waals surface area contributed by atoms with E-state index in [9.17, 15) is 5.11 Å². The lowest BCUT2D eigenvalue weighted by Crippen LogP contribution is -2.18. The molecule has 132 valence electrons. The number of aryl methyl sites for hydroxylation is 1. The Morgan fingerprint density at radius 1 is 0.870 bits per heavy atom. The van der Waals surface area contributed by atoms with Crippen LogP contribution in [0.3, 0.4) is 0 Å². The molecule has 0 radical (unpaired) electrons. The highest BCUT2D eigenvalue weighted by molar-refractivity contribution is 5.49. The molecule has 0 aliphatic rings. The van der Waals surface area contributed by atoms with Gasteiger partial charge in [-0.25, -0.2) is 0 Å². The van der Waals surface area contributed by atoms with Crippen molar-refractivity contribution < 1.29 is 5.11 Å². The summed E-state index contributed by atoms with van der Waals surface area (Å²) >= 11 is 0. The van der Waals surface area contributed by atoms with Crippen molar-refractivity contribution in [2.75, 3.05) is 0 Å². The molecular formula is C22H38O. The third-order valence-electron chi connectivity index (χ3n) is 4.59. The Labute approximate surface area is 144 Å². The molecule has 0 aromatic heterocycles. The van der Waals surface area contributed by atoms with Gasteiger partial charge in [-0.15, -0.1) is 0 Å². The number of rotatable bonds is 5. The highest BCUT2D eigenvalue weighted by Gasteiger charge is 2.26. The van der Waals surface area contributed by atoms with Gasteiger partial charge < -0.3 is 5.11 Å². The molecule has 0 fully saturated rings. The number of aromatic hydroxyl groups is 1. The van der Waals surface area contributed by atoms with E-state index >= 15 is 0 Å². The smallest absolute Gasteiger partial charge is 0.123 e. The van der Waals surface area contributed by atoms with E-state index in [2.05, 4.69) is 74.4 Å². The number of hydrogen-bond acceptors (Lipinski definition) is 1. The Balaban J connectivity index is 3.14. The summed E-state index contributed by atoms with van der Waals surface area (Å²) < 4.78 is 0. The standard InChI is InChI=1S/C22H38O/c1-15(2)12-16(3)10-11-17-13-18(21(4,5)6)20(23)19(14-17)22(7,8)9/h13-16,23H,10-12H2,1-9H3. The molecule has 1 nitrogen and oxygen atoms in total. The maximum atomic E-state index is 10.8. The minimum Gasteiger partial charge on any atom is -0.507 e. The Morgan fingerprint density at radius 3 is 1.65 bits per heavy atom. The van der Waals surface area contributed by atoms with Gasteiger partial charge in [0, 0.05) is 0 Å².